The summed E-state index contributed by atoms with van der Waals surface area (Å²) in [7, 11) is 0. The smallest absolute Gasteiger partial charge is 0.348 e. The van der Waals surface area contributed by atoms with E-state index in [0.717, 1.165) is 17.7 Å². The van der Waals surface area contributed by atoms with Gasteiger partial charge in [0.2, 0.25) is 11.7 Å². The van der Waals surface area contributed by atoms with Gasteiger partial charge in [0.25, 0.3) is 5.91 Å². The van der Waals surface area contributed by atoms with Crippen LogP contribution in [0.2, 0.25) is 0 Å². The molecule has 0 fully saturated rings. The molecule has 154 valence electrons. The number of rotatable bonds is 5. The quantitative estimate of drug-likeness (QED) is 0.607. The molecule has 2 atom stereocenters. The molecular weight excluding hydrogens is 384 g/mol. The molecule has 1 N–H and O–H groups in total. The molecule has 0 radical (unpaired) electrons. The topological polar surface area (TPSA) is 84.9 Å². The van der Waals surface area contributed by atoms with Crippen LogP contribution in [0, 0.1) is 0 Å². The van der Waals surface area contributed by atoms with E-state index in [1.165, 1.54) is 6.92 Å². The summed E-state index contributed by atoms with van der Waals surface area (Å²) in [6, 6.07) is 16.7. The summed E-state index contributed by atoms with van der Waals surface area (Å²) in [6.45, 7) is 3.21. The van der Waals surface area contributed by atoms with Gasteiger partial charge < -0.3 is 19.7 Å². The van der Waals surface area contributed by atoms with Gasteiger partial charge in [-0.15, -0.1) is 0 Å². The highest BCUT2D eigenvalue weighted by molar-refractivity contribution is 6.20. The van der Waals surface area contributed by atoms with E-state index in [0.29, 0.717) is 5.69 Å². The second kappa shape index (κ2) is 8.02. The molecule has 0 bridgehead atoms. The maximum absolute atomic E-state index is 13.0. The van der Waals surface area contributed by atoms with Gasteiger partial charge in [0, 0.05) is 17.4 Å². The number of para-hydroxylation sites is 2. The molecule has 0 saturated carbocycles. The largest absolute Gasteiger partial charge is 0.470 e. The fourth-order valence-corrected chi connectivity index (χ4v) is 3.73. The van der Waals surface area contributed by atoms with E-state index in [1.54, 1.807) is 17.0 Å². The SMILES string of the molecule is C[C@@H](OC(=O)C1=C(Nc2ccccc2)OCC1=O)C(=O)N1c2ccccc2C[C@@H]1C. The Bertz CT molecular complexity index is 1030. The van der Waals surface area contributed by atoms with Crippen LogP contribution in [0.15, 0.2) is 66.1 Å². The summed E-state index contributed by atoms with van der Waals surface area (Å²) in [4.78, 5) is 39.6. The maximum atomic E-state index is 13.0. The van der Waals surface area contributed by atoms with Crippen molar-refractivity contribution < 1.29 is 23.9 Å². The van der Waals surface area contributed by atoms with E-state index >= 15 is 0 Å². The number of carbonyl (C=O) groups excluding carboxylic acids is 3. The predicted molar refractivity (Wildman–Crippen MR) is 111 cm³/mol. The molecule has 0 saturated heterocycles. The van der Waals surface area contributed by atoms with Gasteiger partial charge in [-0.25, -0.2) is 4.79 Å². The zero-order valence-corrected chi connectivity index (χ0v) is 16.8. The van der Waals surface area contributed by atoms with E-state index in [9.17, 15) is 14.4 Å². The third-order valence-electron chi connectivity index (χ3n) is 5.17. The first kappa shape index (κ1) is 19.7. The van der Waals surface area contributed by atoms with Crippen molar-refractivity contribution in [3.05, 3.63) is 71.6 Å². The van der Waals surface area contributed by atoms with Crippen LogP contribution in [0.3, 0.4) is 0 Å². The summed E-state index contributed by atoms with van der Waals surface area (Å²) < 4.78 is 10.7. The van der Waals surface area contributed by atoms with E-state index in [2.05, 4.69) is 5.32 Å². The molecule has 0 aromatic heterocycles. The molecular formula is C23H22N2O5. The number of nitrogens with zero attached hydrogens (tertiary/aromatic N) is 1. The van der Waals surface area contributed by atoms with Crippen LogP contribution in [0.5, 0.6) is 0 Å². The van der Waals surface area contributed by atoms with Crippen LogP contribution < -0.4 is 10.2 Å². The van der Waals surface area contributed by atoms with E-state index in [1.807, 2.05) is 49.4 Å². The van der Waals surface area contributed by atoms with Crippen molar-refractivity contribution in [2.75, 3.05) is 16.8 Å². The molecule has 30 heavy (non-hydrogen) atoms. The fraction of sp³-hybridized carbons (Fsp3) is 0.261. The number of nitrogens with one attached hydrogen (secondary N) is 1. The number of fused-ring (bicyclic) bond motifs is 1. The van der Waals surface area contributed by atoms with Gasteiger partial charge >= 0.3 is 5.97 Å². The Kier molecular flexibility index (Phi) is 5.27. The van der Waals surface area contributed by atoms with Gasteiger partial charge in [0.15, 0.2) is 18.3 Å². The Balaban J connectivity index is 1.50. The van der Waals surface area contributed by atoms with Crippen LogP contribution in [0.1, 0.15) is 19.4 Å². The summed E-state index contributed by atoms with van der Waals surface area (Å²) in [5.74, 6) is -1.66. The Morgan fingerprint density at radius 1 is 1.13 bits per heavy atom. The maximum Gasteiger partial charge on any atom is 0.348 e. The first-order valence-electron chi connectivity index (χ1n) is 9.80. The highest BCUT2D eigenvalue weighted by atomic mass is 16.6. The lowest BCUT2D eigenvalue weighted by molar-refractivity contribution is -0.150. The van der Waals surface area contributed by atoms with Crippen molar-refractivity contribution in [2.24, 2.45) is 0 Å². The highest BCUT2D eigenvalue weighted by Crippen LogP contribution is 2.32. The first-order chi connectivity index (χ1) is 14.5. The summed E-state index contributed by atoms with van der Waals surface area (Å²) in [5, 5.41) is 2.92. The van der Waals surface area contributed by atoms with Crippen LogP contribution in [-0.2, 0) is 30.3 Å². The molecule has 2 aliphatic rings. The molecule has 1 amide bonds. The molecule has 0 aliphatic carbocycles. The number of amides is 1. The Hall–Kier alpha value is -3.61. The monoisotopic (exact) mass is 406 g/mol. The average molecular weight is 406 g/mol. The fourth-order valence-electron chi connectivity index (χ4n) is 3.73. The lowest BCUT2D eigenvalue weighted by atomic mass is 10.1. The molecule has 7 heteroatoms. The minimum atomic E-state index is -1.05. The molecule has 0 spiro atoms. The number of hydrogen-bond acceptors (Lipinski definition) is 6. The Morgan fingerprint density at radius 2 is 1.83 bits per heavy atom. The highest BCUT2D eigenvalue weighted by Gasteiger charge is 2.37. The summed E-state index contributed by atoms with van der Waals surface area (Å²) >= 11 is 0. The third kappa shape index (κ3) is 3.66. The number of Topliss-reactive ketones (excluding diaryl/α,β-unsaturated/α-hetero) is 1. The normalized spacial score (nSPS) is 18.7. The van der Waals surface area contributed by atoms with Gasteiger partial charge in [-0.2, -0.15) is 0 Å². The van der Waals surface area contributed by atoms with E-state index in [4.69, 9.17) is 9.47 Å². The number of ether oxygens (including phenoxy) is 2. The van der Waals surface area contributed by atoms with Crippen molar-refractivity contribution in [1.29, 1.82) is 0 Å². The zero-order valence-electron chi connectivity index (χ0n) is 16.8. The minimum absolute atomic E-state index is 0.0377. The standard InChI is InChI=1S/C23H22N2O5/c1-14-12-16-8-6-7-11-18(16)25(14)22(27)15(2)30-23(28)20-19(26)13-29-21(20)24-17-9-4-3-5-10-17/h3-11,14-15,24H,12-13H2,1-2H3/t14-,15+/m0/s1. The van der Waals surface area contributed by atoms with Gasteiger partial charge in [0.1, 0.15) is 0 Å². The number of hydrogen-bond donors (Lipinski definition) is 1. The van der Waals surface area contributed by atoms with Crippen molar-refractivity contribution in [3.63, 3.8) is 0 Å². The summed E-state index contributed by atoms with van der Waals surface area (Å²) in [5.41, 5.74) is 2.35. The van der Waals surface area contributed by atoms with Crippen molar-refractivity contribution in [3.8, 4) is 0 Å². The third-order valence-corrected chi connectivity index (χ3v) is 5.17. The molecule has 2 aromatic rings. The predicted octanol–water partition coefficient (Wildman–Crippen LogP) is 2.82. The Morgan fingerprint density at radius 3 is 2.60 bits per heavy atom. The molecule has 4 rings (SSSR count). The zero-order chi connectivity index (χ0) is 21.3. The van der Waals surface area contributed by atoms with Gasteiger partial charge in [-0.1, -0.05) is 36.4 Å². The molecule has 0 unspecified atom stereocenters. The number of carbonyl (C=O) groups is 3. The van der Waals surface area contributed by atoms with E-state index in [-0.39, 0.29) is 30.0 Å². The van der Waals surface area contributed by atoms with Crippen molar-refractivity contribution >= 4 is 29.0 Å². The average Bonchev–Trinajstić information content (AvgIpc) is 3.26. The number of esters is 1. The first-order valence-corrected chi connectivity index (χ1v) is 9.80. The lowest BCUT2D eigenvalue weighted by Gasteiger charge is -2.26. The minimum Gasteiger partial charge on any atom is -0.470 e. The molecule has 2 aromatic carbocycles. The second-order valence-corrected chi connectivity index (χ2v) is 7.34. The van der Waals surface area contributed by atoms with Gasteiger partial charge in [-0.3, -0.25) is 9.59 Å². The number of anilines is 2. The van der Waals surface area contributed by atoms with Gasteiger partial charge in [-0.05, 0) is 44.0 Å². The Labute approximate surface area is 174 Å². The van der Waals surface area contributed by atoms with Crippen LogP contribution in [-0.4, -0.2) is 36.4 Å². The van der Waals surface area contributed by atoms with Crippen LogP contribution in [0.4, 0.5) is 11.4 Å². The van der Waals surface area contributed by atoms with Crippen molar-refractivity contribution in [1.82, 2.24) is 0 Å². The molecule has 7 nitrogen and oxygen atoms in total. The van der Waals surface area contributed by atoms with Gasteiger partial charge in [0.05, 0.1) is 0 Å². The summed E-state index contributed by atoms with van der Waals surface area (Å²) in [6.07, 6.45) is -0.310. The van der Waals surface area contributed by atoms with Crippen LogP contribution in [0.25, 0.3) is 0 Å². The van der Waals surface area contributed by atoms with Crippen LogP contribution >= 0.6 is 0 Å². The van der Waals surface area contributed by atoms with E-state index < -0.39 is 17.9 Å². The number of ketones is 1. The molecule has 2 heterocycles. The number of benzene rings is 2. The molecule has 2 aliphatic heterocycles. The van der Waals surface area contributed by atoms with Crippen molar-refractivity contribution in [2.45, 2.75) is 32.4 Å². The second-order valence-electron chi connectivity index (χ2n) is 7.34. The lowest BCUT2D eigenvalue weighted by Crippen LogP contribution is -2.43.